The second-order valence-electron chi connectivity index (χ2n) is 2.89. The predicted octanol–water partition coefficient (Wildman–Crippen LogP) is 6.14. The molecule has 1 atom stereocenters. The van der Waals surface area contributed by atoms with Crippen LogP contribution in [0.3, 0.4) is 0 Å². The summed E-state index contributed by atoms with van der Waals surface area (Å²) in [5.41, 5.74) is 0.0165. The summed E-state index contributed by atoms with van der Waals surface area (Å²) < 4.78 is 107. The van der Waals surface area contributed by atoms with Gasteiger partial charge in [-0.1, -0.05) is 23.2 Å². The van der Waals surface area contributed by atoms with E-state index in [9.17, 15) is 39.5 Å². The maximum atomic E-state index is 12.7. The Bertz CT molecular complexity index is 357. The first-order valence-electron chi connectivity index (χ1n) is 4.05. The lowest BCUT2D eigenvalue weighted by Gasteiger charge is -2.30. The molecule has 0 heterocycles. The number of hydrogen-bond donors (Lipinski definition) is 0. The van der Waals surface area contributed by atoms with Gasteiger partial charge in [0, 0.05) is 5.54 Å². The van der Waals surface area contributed by atoms with Gasteiger partial charge in [0.05, 0.1) is 5.03 Å². The van der Waals surface area contributed by atoms with Crippen LogP contribution in [0.15, 0.2) is 23.2 Å². The lowest BCUT2D eigenvalue weighted by molar-refractivity contribution is -0.293. The van der Waals surface area contributed by atoms with Gasteiger partial charge in [-0.05, 0) is 18.2 Å². The van der Waals surface area contributed by atoms with Gasteiger partial charge in [-0.3, -0.25) is 0 Å². The quantitative estimate of drug-likeness (QED) is 0.408. The fourth-order valence-electron chi connectivity index (χ4n) is 0.577. The van der Waals surface area contributed by atoms with E-state index in [1.54, 1.807) is 0 Å². The molecule has 0 radical (unpaired) electrons. The molecule has 0 amide bonds. The molecule has 0 saturated carbocycles. The van der Waals surface area contributed by atoms with Gasteiger partial charge < -0.3 is 0 Å². The van der Waals surface area contributed by atoms with Crippen LogP contribution in [-0.4, -0.2) is 23.4 Å². The van der Waals surface area contributed by atoms with Gasteiger partial charge in [-0.2, -0.15) is 35.1 Å². The molecule has 20 heavy (non-hydrogen) atoms. The molecule has 0 aromatic carbocycles. The molecule has 0 N–H and O–H groups in total. The van der Waals surface area contributed by atoms with Crippen molar-refractivity contribution < 1.29 is 39.5 Å². The Labute approximate surface area is 121 Å². The Morgan fingerprint density at radius 3 is 1.55 bits per heavy atom. The first-order chi connectivity index (χ1) is 8.62. The van der Waals surface area contributed by atoms with Crippen molar-refractivity contribution in [3.05, 3.63) is 23.2 Å². The number of rotatable bonds is 4. The predicted molar refractivity (Wildman–Crippen MR) is 56.7 cm³/mol. The van der Waals surface area contributed by atoms with Crippen molar-refractivity contribution in [1.82, 2.24) is 0 Å². The van der Waals surface area contributed by atoms with E-state index >= 15 is 0 Å². The highest BCUT2D eigenvalue weighted by Crippen LogP contribution is 2.51. The van der Waals surface area contributed by atoms with E-state index in [-0.39, 0.29) is 5.54 Å². The van der Waals surface area contributed by atoms with Crippen LogP contribution < -0.4 is 0 Å². The molecule has 120 valence electrons. The lowest BCUT2D eigenvalue weighted by Crippen LogP contribution is -2.56. The van der Waals surface area contributed by atoms with Crippen LogP contribution in [0.2, 0.25) is 0 Å². The summed E-state index contributed by atoms with van der Waals surface area (Å²) in [4.78, 5) is 0. The van der Waals surface area contributed by atoms with Crippen LogP contribution in [-0.2, 0) is 0 Å². The molecule has 0 aromatic heterocycles. The maximum Gasteiger partial charge on any atom is 0.390 e. The molecule has 0 bridgehead atoms. The summed E-state index contributed by atoms with van der Waals surface area (Å²) in [5.74, 6) is -11.9. The van der Waals surface area contributed by atoms with E-state index in [2.05, 4.69) is 29.8 Å². The van der Waals surface area contributed by atoms with Crippen molar-refractivity contribution >= 4 is 34.8 Å². The van der Waals surface area contributed by atoms with Gasteiger partial charge in [-0.15, -0.1) is 0 Å². The second kappa shape index (κ2) is 7.65. The maximum absolute atomic E-state index is 12.7. The molecule has 0 nitrogen and oxygen atoms in total. The van der Waals surface area contributed by atoms with Crippen molar-refractivity contribution in [2.24, 2.45) is 0 Å². The minimum absolute atomic E-state index is 0.0165. The fraction of sp³-hybridized carbons (Fsp3) is 0.500. The van der Waals surface area contributed by atoms with Gasteiger partial charge in [0.2, 0.25) is 6.17 Å². The standard InChI is InChI=1S/C6H2Cl3F7.C2H2F2/c7-1-2(8)3(10)4(11,12)5(13,14)6(9,15)16;1-2(3)4/h1,3H;1H2. The zero-order chi connectivity index (χ0) is 16.9. The topological polar surface area (TPSA) is 0 Å². The Kier molecular flexibility index (Phi) is 8.42. The van der Waals surface area contributed by atoms with Crippen molar-refractivity contribution in [3.63, 3.8) is 0 Å². The normalized spacial score (nSPS) is 15.3. The van der Waals surface area contributed by atoms with Crippen LogP contribution >= 0.6 is 34.8 Å². The second-order valence-corrected chi connectivity index (χ2v) is 4.02. The molecular weight excluding hydrogens is 373 g/mol. The lowest BCUT2D eigenvalue weighted by atomic mass is 10.1. The largest absolute Gasteiger partial charge is 0.390 e. The van der Waals surface area contributed by atoms with E-state index in [1.165, 1.54) is 0 Å². The van der Waals surface area contributed by atoms with Crippen LogP contribution in [0.5, 0.6) is 0 Å². The van der Waals surface area contributed by atoms with E-state index < -0.39 is 34.5 Å². The zero-order valence-corrected chi connectivity index (χ0v) is 11.2. The fourth-order valence-corrected chi connectivity index (χ4v) is 0.950. The molecule has 0 aliphatic heterocycles. The third-order valence-corrected chi connectivity index (χ3v) is 2.32. The molecule has 0 saturated heterocycles. The Balaban J connectivity index is 0. The van der Waals surface area contributed by atoms with Crippen LogP contribution in [0, 0.1) is 0 Å². The molecule has 0 spiro atoms. The van der Waals surface area contributed by atoms with Gasteiger partial charge in [0.1, 0.15) is 0 Å². The number of allylic oxidation sites excluding steroid dienone is 1. The van der Waals surface area contributed by atoms with Gasteiger partial charge in [0.25, 0.3) is 6.08 Å². The minimum atomic E-state index is -6.12. The zero-order valence-electron chi connectivity index (χ0n) is 8.90. The van der Waals surface area contributed by atoms with Crippen molar-refractivity contribution in [1.29, 1.82) is 0 Å². The first-order valence-corrected chi connectivity index (χ1v) is 5.24. The van der Waals surface area contributed by atoms with E-state index in [0.29, 0.717) is 0 Å². The van der Waals surface area contributed by atoms with Crippen molar-refractivity contribution in [3.8, 4) is 0 Å². The Morgan fingerprint density at radius 1 is 1.05 bits per heavy atom. The highest BCUT2D eigenvalue weighted by molar-refractivity contribution is 6.37. The van der Waals surface area contributed by atoms with E-state index in [1.807, 2.05) is 0 Å². The molecule has 0 aromatic rings. The third-order valence-electron chi connectivity index (χ3n) is 1.44. The molecule has 0 fully saturated rings. The average molecular weight is 377 g/mol. The van der Waals surface area contributed by atoms with Gasteiger partial charge in [0.15, 0.2) is 0 Å². The molecule has 0 rings (SSSR count). The summed E-state index contributed by atoms with van der Waals surface area (Å²) in [7, 11) is 0. The van der Waals surface area contributed by atoms with Crippen LogP contribution in [0.1, 0.15) is 0 Å². The van der Waals surface area contributed by atoms with E-state index in [0.717, 1.165) is 0 Å². The van der Waals surface area contributed by atoms with Crippen molar-refractivity contribution in [2.45, 2.75) is 23.4 Å². The third kappa shape index (κ3) is 5.61. The number of hydrogen-bond acceptors (Lipinski definition) is 0. The van der Waals surface area contributed by atoms with Crippen LogP contribution in [0.4, 0.5) is 39.5 Å². The Hall–Kier alpha value is -0.280. The summed E-state index contributed by atoms with van der Waals surface area (Å²) in [6, 6.07) is 0. The molecule has 0 aliphatic carbocycles. The molecule has 12 heteroatoms. The van der Waals surface area contributed by atoms with Crippen LogP contribution in [0.25, 0.3) is 0 Å². The minimum Gasteiger partial charge on any atom is -0.234 e. The Morgan fingerprint density at radius 2 is 1.35 bits per heavy atom. The SMILES string of the molecule is C=C(F)F.FC(C(Cl)=CCl)C(F)(F)C(F)(F)C(F)(F)Cl. The van der Waals surface area contributed by atoms with Gasteiger partial charge in [-0.25, -0.2) is 4.39 Å². The monoisotopic (exact) mass is 376 g/mol. The summed E-state index contributed by atoms with van der Waals surface area (Å²) >= 11 is 13.2. The first kappa shape index (κ1) is 22.0. The number of halogens is 12. The molecule has 0 aliphatic rings. The summed E-state index contributed by atoms with van der Waals surface area (Å²) in [6.45, 7) is 2.22. The highest BCUT2D eigenvalue weighted by Gasteiger charge is 2.74. The smallest absolute Gasteiger partial charge is 0.234 e. The van der Waals surface area contributed by atoms with Gasteiger partial charge >= 0.3 is 17.2 Å². The molecular formula is C8H4Cl3F9. The van der Waals surface area contributed by atoms with E-state index in [4.69, 9.17) is 11.6 Å². The summed E-state index contributed by atoms with van der Waals surface area (Å²) in [5, 5.41) is -7.18. The molecule has 1 unspecified atom stereocenters. The highest BCUT2D eigenvalue weighted by atomic mass is 35.5. The average Bonchev–Trinajstić information content (AvgIpc) is 2.24. The number of alkyl halides is 8. The summed E-state index contributed by atoms with van der Waals surface area (Å²) in [6.07, 6.45) is -5.73. The van der Waals surface area contributed by atoms with Crippen molar-refractivity contribution in [2.75, 3.05) is 0 Å².